The Balaban J connectivity index is 1.67. The molecule has 0 radical (unpaired) electrons. The second kappa shape index (κ2) is 7.81. The van der Waals surface area contributed by atoms with E-state index in [2.05, 4.69) is 26.1 Å². The molecule has 2 aromatic carbocycles. The van der Waals surface area contributed by atoms with E-state index in [9.17, 15) is 14.7 Å². The number of nitrogens with one attached hydrogen (secondary N) is 1. The molecule has 2 N–H and O–H groups in total. The highest BCUT2D eigenvalue weighted by atomic mass is 79.9. The van der Waals surface area contributed by atoms with Crippen LogP contribution in [0.5, 0.6) is 0 Å². The molecule has 0 bridgehead atoms. The van der Waals surface area contributed by atoms with Crippen LogP contribution in [-0.4, -0.2) is 33.5 Å². The van der Waals surface area contributed by atoms with Gasteiger partial charge in [-0.1, -0.05) is 46.3 Å². The van der Waals surface area contributed by atoms with Crippen molar-refractivity contribution in [2.45, 2.75) is 32.3 Å². The predicted octanol–water partition coefficient (Wildman–Crippen LogP) is 3.84. The number of aromatic nitrogens is 2. The van der Waals surface area contributed by atoms with Crippen molar-refractivity contribution < 1.29 is 14.7 Å². The van der Waals surface area contributed by atoms with Crippen LogP contribution in [0.3, 0.4) is 0 Å². The number of hydrogen-bond donors (Lipinski definition) is 2. The Morgan fingerprint density at radius 2 is 1.93 bits per heavy atom. The van der Waals surface area contributed by atoms with Crippen LogP contribution in [0.1, 0.15) is 39.3 Å². The fourth-order valence-electron chi connectivity index (χ4n) is 4.08. The maximum atomic E-state index is 13.4. The number of amides is 1. The monoisotopic (exact) mass is 467 g/mol. The Labute approximate surface area is 183 Å². The van der Waals surface area contributed by atoms with Gasteiger partial charge in [0.15, 0.2) is 11.4 Å². The van der Waals surface area contributed by atoms with Gasteiger partial charge in [0.25, 0.3) is 5.91 Å². The lowest BCUT2D eigenvalue weighted by molar-refractivity contribution is -0.135. The van der Waals surface area contributed by atoms with Crippen LogP contribution >= 0.6 is 15.9 Å². The van der Waals surface area contributed by atoms with Gasteiger partial charge in [-0.2, -0.15) is 5.10 Å². The zero-order valence-corrected chi connectivity index (χ0v) is 18.4. The number of H-pyrrole nitrogens is 1. The molecule has 0 spiro atoms. The summed E-state index contributed by atoms with van der Waals surface area (Å²) >= 11 is 3.42. The largest absolute Gasteiger partial charge is 0.375 e. The Morgan fingerprint density at radius 3 is 2.60 bits per heavy atom. The van der Waals surface area contributed by atoms with Crippen molar-refractivity contribution in [3.63, 3.8) is 0 Å². The summed E-state index contributed by atoms with van der Waals surface area (Å²) in [4.78, 5) is 28.0. The van der Waals surface area contributed by atoms with E-state index in [0.717, 1.165) is 10.0 Å². The number of ketones is 1. The Kier molecular flexibility index (Phi) is 5.34. The SMILES string of the molecule is Cc1n[nH]c(C)c1C(=O)C[C@]1(O)C(=O)N(CCc2ccccc2)c2ccc(Br)cc21. The number of aliphatic hydroxyl groups is 1. The van der Waals surface area contributed by atoms with Crippen LogP contribution in [0.4, 0.5) is 5.69 Å². The van der Waals surface area contributed by atoms with E-state index in [1.165, 1.54) is 0 Å². The predicted molar refractivity (Wildman–Crippen MR) is 118 cm³/mol. The van der Waals surface area contributed by atoms with Gasteiger partial charge in [-0.05, 0) is 44.0 Å². The van der Waals surface area contributed by atoms with Gasteiger partial charge in [0.2, 0.25) is 0 Å². The lowest BCUT2D eigenvalue weighted by Gasteiger charge is -2.23. The van der Waals surface area contributed by atoms with Crippen LogP contribution < -0.4 is 4.90 Å². The summed E-state index contributed by atoms with van der Waals surface area (Å²) in [6.07, 6.45) is 0.310. The van der Waals surface area contributed by atoms with Gasteiger partial charge < -0.3 is 10.0 Å². The molecule has 0 aliphatic carbocycles. The molecule has 154 valence electrons. The number of Topliss-reactive ketones (excluding diaryl/α,β-unsaturated/α-hetero) is 1. The summed E-state index contributed by atoms with van der Waals surface area (Å²) in [6, 6.07) is 15.2. The highest BCUT2D eigenvalue weighted by Crippen LogP contribution is 2.44. The number of benzene rings is 2. The van der Waals surface area contributed by atoms with E-state index < -0.39 is 11.5 Å². The maximum Gasteiger partial charge on any atom is 0.264 e. The molecule has 3 aromatic rings. The van der Waals surface area contributed by atoms with E-state index in [1.54, 1.807) is 30.9 Å². The Bertz CT molecular complexity index is 1110. The number of rotatable bonds is 6. The molecule has 1 aliphatic heterocycles. The van der Waals surface area contributed by atoms with E-state index in [4.69, 9.17) is 0 Å². The zero-order valence-electron chi connectivity index (χ0n) is 16.8. The van der Waals surface area contributed by atoms with E-state index in [1.807, 2.05) is 36.4 Å². The van der Waals surface area contributed by atoms with Crippen LogP contribution in [-0.2, 0) is 16.8 Å². The summed E-state index contributed by atoms with van der Waals surface area (Å²) in [5, 5.41) is 18.3. The topological polar surface area (TPSA) is 86.3 Å². The normalized spacial score (nSPS) is 18.0. The van der Waals surface area contributed by atoms with Gasteiger partial charge in [0, 0.05) is 22.3 Å². The highest BCUT2D eigenvalue weighted by molar-refractivity contribution is 9.10. The van der Waals surface area contributed by atoms with Crippen molar-refractivity contribution >= 4 is 33.3 Å². The maximum absolute atomic E-state index is 13.4. The van der Waals surface area contributed by atoms with Gasteiger partial charge in [-0.15, -0.1) is 0 Å². The second-order valence-electron chi connectivity index (χ2n) is 7.62. The number of carbonyl (C=O) groups is 2. The first-order chi connectivity index (χ1) is 14.3. The number of aromatic amines is 1. The molecule has 4 rings (SSSR count). The van der Waals surface area contributed by atoms with Gasteiger partial charge in [-0.25, -0.2) is 0 Å². The molecule has 30 heavy (non-hydrogen) atoms. The number of fused-ring (bicyclic) bond motifs is 1. The van der Waals surface area contributed by atoms with Gasteiger partial charge in [-0.3, -0.25) is 14.7 Å². The Morgan fingerprint density at radius 1 is 1.20 bits per heavy atom. The molecule has 0 saturated heterocycles. The van der Waals surface area contributed by atoms with Crippen molar-refractivity contribution in [2.24, 2.45) is 0 Å². The fraction of sp³-hybridized carbons (Fsp3) is 0.261. The molecule has 0 unspecified atom stereocenters. The average molecular weight is 468 g/mol. The van der Waals surface area contributed by atoms with Gasteiger partial charge in [0.05, 0.1) is 23.4 Å². The summed E-state index contributed by atoms with van der Waals surface area (Å²) < 4.78 is 0.737. The molecule has 1 atom stereocenters. The molecule has 0 fully saturated rings. The minimum Gasteiger partial charge on any atom is -0.375 e. The minimum atomic E-state index is -1.91. The quantitative estimate of drug-likeness (QED) is 0.539. The lowest BCUT2D eigenvalue weighted by Crippen LogP contribution is -2.42. The molecule has 0 saturated carbocycles. The number of halogens is 1. The van der Waals surface area contributed by atoms with Crippen molar-refractivity contribution in [3.05, 3.63) is 81.1 Å². The van der Waals surface area contributed by atoms with E-state index >= 15 is 0 Å². The molecule has 2 heterocycles. The van der Waals surface area contributed by atoms with Gasteiger partial charge in [0.1, 0.15) is 0 Å². The highest BCUT2D eigenvalue weighted by Gasteiger charge is 2.51. The van der Waals surface area contributed by atoms with Crippen molar-refractivity contribution in [3.8, 4) is 0 Å². The first kappa shape index (κ1) is 20.5. The zero-order chi connectivity index (χ0) is 21.5. The first-order valence-electron chi connectivity index (χ1n) is 9.74. The smallest absolute Gasteiger partial charge is 0.264 e. The van der Waals surface area contributed by atoms with Crippen molar-refractivity contribution in [1.29, 1.82) is 0 Å². The van der Waals surface area contributed by atoms with Crippen LogP contribution in [0.2, 0.25) is 0 Å². The van der Waals surface area contributed by atoms with Crippen molar-refractivity contribution in [2.75, 3.05) is 11.4 Å². The van der Waals surface area contributed by atoms with Crippen LogP contribution in [0, 0.1) is 13.8 Å². The number of nitrogens with zero attached hydrogens (tertiary/aromatic N) is 2. The molecule has 6 nitrogen and oxygen atoms in total. The lowest BCUT2D eigenvalue weighted by atomic mass is 9.87. The summed E-state index contributed by atoms with van der Waals surface area (Å²) in [7, 11) is 0. The third kappa shape index (κ3) is 3.48. The molecule has 1 aliphatic rings. The molecule has 1 aromatic heterocycles. The molecule has 1 amide bonds. The van der Waals surface area contributed by atoms with Crippen LogP contribution in [0.25, 0.3) is 0 Å². The summed E-state index contributed by atoms with van der Waals surface area (Å²) in [6.45, 7) is 3.90. The molecular weight excluding hydrogens is 446 g/mol. The first-order valence-corrected chi connectivity index (χ1v) is 10.5. The fourth-order valence-corrected chi connectivity index (χ4v) is 4.44. The number of aryl methyl sites for hydroxylation is 2. The third-order valence-corrected chi connectivity index (χ3v) is 6.08. The third-order valence-electron chi connectivity index (χ3n) is 5.58. The average Bonchev–Trinajstić information content (AvgIpc) is 3.16. The summed E-state index contributed by atoms with van der Waals surface area (Å²) in [5.41, 5.74) is 1.87. The summed E-state index contributed by atoms with van der Waals surface area (Å²) in [5.74, 6) is -0.788. The van der Waals surface area contributed by atoms with E-state index in [0.29, 0.717) is 41.2 Å². The Hall–Kier alpha value is -2.77. The minimum absolute atomic E-state index is 0.314. The number of anilines is 1. The molecular formula is C23H22BrN3O3. The standard InChI is InChI=1S/C23H22BrN3O3/c1-14-21(15(2)26-25-14)20(28)13-23(30)18-12-17(24)8-9-19(18)27(22(23)29)11-10-16-6-4-3-5-7-16/h3-9,12,30H,10-11,13H2,1-2H3,(H,25,26)/t23-/m1/s1. The van der Waals surface area contributed by atoms with Gasteiger partial charge >= 0.3 is 0 Å². The number of hydrogen-bond acceptors (Lipinski definition) is 4. The number of carbonyl (C=O) groups excluding carboxylic acids is 2. The van der Waals surface area contributed by atoms with Crippen molar-refractivity contribution in [1.82, 2.24) is 10.2 Å². The van der Waals surface area contributed by atoms with Crippen LogP contribution in [0.15, 0.2) is 53.0 Å². The molecule has 7 heteroatoms. The van der Waals surface area contributed by atoms with E-state index in [-0.39, 0.29) is 12.2 Å². The second-order valence-corrected chi connectivity index (χ2v) is 8.54.